The number of thiophene rings is 1. The first-order valence-electron chi connectivity index (χ1n) is 5.58. The van der Waals surface area contributed by atoms with Crippen LogP contribution in [0.15, 0.2) is 51.8 Å². The van der Waals surface area contributed by atoms with Crippen molar-refractivity contribution in [2.45, 2.75) is 13.0 Å². The summed E-state index contributed by atoms with van der Waals surface area (Å²) in [5, 5.41) is 5.66. The van der Waals surface area contributed by atoms with Crippen LogP contribution in [0.1, 0.15) is 5.56 Å². The number of aryl methyl sites for hydroxylation is 2. The second-order valence-electron chi connectivity index (χ2n) is 4.09. The van der Waals surface area contributed by atoms with Gasteiger partial charge < -0.3 is 4.57 Å². The molecule has 0 unspecified atom stereocenters. The molecule has 1 nitrogen and oxygen atoms in total. The molecule has 0 aliphatic rings. The highest BCUT2D eigenvalue weighted by Crippen LogP contribution is 2.21. The lowest BCUT2D eigenvalue weighted by Crippen LogP contribution is -1.98. The zero-order valence-corrected chi connectivity index (χ0v) is 11.7. The smallest absolute Gasteiger partial charge is 0.0481 e. The monoisotopic (exact) mass is 305 g/mol. The molecule has 0 fully saturated rings. The first-order valence-corrected chi connectivity index (χ1v) is 7.32. The Morgan fingerprint density at radius 1 is 1.18 bits per heavy atom. The lowest BCUT2D eigenvalue weighted by molar-refractivity contribution is 0.724. The molecule has 2 aromatic heterocycles. The van der Waals surface area contributed by atoms with Crippen LogP contribution in [-0.4, -0.2) is 4.57 Å². The standard InChI is InChI=1S/C14H12BrNS/c15-13-1-2-14-12(9-13)4-7-16(14)6-3-11-5-8-17-10-11/h1-2,4-5,7-10H,3,6H2. The summed E-state index contributed by atoms with van der Waals surface area (Å²) in [5.74, 6) is 0. The second kappa shape index (κ2) is 4.67. The average Bonchev–Trinajstić information content (AvgIpc) is 2.94. The van der Waals surface area contributed by atoms with Gasteiger partial charge in [0.15, 0.2) is 0 Å². The number of hydrogen-bond acceptors (Lipinski definition) is 1. The van der Waals surface area contributed by atoms with Gasteiger partial charge in [0.05, 0.1) is 0 Å². The number of aromatic nitrogens is 1. The molecular formula is C14H12BrNS. The van der Waals surface area contributed by atoms with Crippen molar-refractivity contribution in [1.29, 1.82) is 0 Å². The highest BCUT2D eigenvalue weighted by molar-refractivity contribution is 9.10. The lowest BCUT2D eigenvalue weighted by Gasteiger charge is -2.04. The minimum atomic E-state index is 1.04. The van der Waals surface area contributed by atoms with Gasteiger partial charge in [-0.25, -0.2) is 0 Å². The fraction of sp³-hybridized carbons (Fsp3) is 0.143. The van der Waals surface area contributed by atoms with Crippen molar-refractivity contribution in [3.8, 4) is 0 Å². The van der Waals surface area contributed by atoms with E-state index in [0.717, 1.165) is 17.4 Å². The molecule has 86 valence electrons. The quantitative estimate of drug-likeness (QED) is 0.660. The molecule has 0 aliphatic heterocycles. The van der Waals surface area contributed by atoms with Crippen LogP contribution in [0, 0.1) is 0 Å². The maximum Gasteiger partial charge on any atom is 0.0481 e. The highest BCUT2D eigenvalue weighted by Gasteiger charge is 2.01. The van der Waals surface area contributed by atoms with Crippen LogP contribution in [0.2, 0.25) is 0 Å². The number of nitrogens with zero attached hydrogens (tertiary/aromatic N) is 1. The van der Waals surface area contributed by atoms with Crippen LogP contribution in [0.4, 0.5) is 0 Å². The van der Waals surface area contributed by atoms with Gasteiger partial charge >= 0.3 is 0 Å². The van der Waals surface area contributed by atoms with E-state index in [1.54, 1.807) is 11.3 Å². The first kappa shape index (κ1) is 11.1. The summed E-state index contributed by atoms with van der Waals surface area (Å²) < 4.78 is 3.46. The minimum absolute atomic E-state index is 1.04. The number of benzene rings is 1. The average molecular weight is 306 g/mol. The molecule has 2 heterocycles. The second-order valence-corrected chi connectivity index (χ2v) is 5.79. The zero-order valence-electron chi connectivity index (χ0n) is 9.27. The van der Waals surface area contributed by atoms with Crippen molar-refractivity contribution in [2.24, 2.45) is 0 Å². The molecular weight excluding hydrogens is 294 g/mol. The maximum atomic E-state index is 3.50. The Kier molecular flexibility index (Phi) is 3.04. The van der Waals surface area contributed by atoms with Crippen molar-refractivity contribution < 1.29 is 0 Å². The van der Waals surface area contributed by atoms with Crippen LogP contribution in [0.5, 0.6) is 0 Å². The number of rotatable bonds is 3. The van der Waals surface area contributed by atoms with Gasteiger partial charge in [0, 0.05) is 28.1 Å². The van der Waals surface area contributed by atoms with E-state index < -0.39 is 0 Å². The summed E-state index contributed by atoms with van der Waals surface area (Å²) in [5.41, 5.74) is 2.73. The predicted octanol–water partition coefficient (Wildman–Crippen LogP) is 4.71. The summed E-state index contributed by atoms with van der Waals surface area (Å²) in [6.45, 7) is 1.04. The minimum Gasteiger partial charge on any atom is -0.347 e. The third kappa shape index (κ3) is 2.31. The summed E-state index contributed by atoms with van der Waals surface area (Å²) in [6.07, 6.45) is 3.27. The van der Waals surface area contributed by atoms with Crippen LogP contribution in [-0.2, 0) is 13.0 Å². The molecule has 3 rings (SSSR count). The Balaban J connectivity index is 1.86. The van der Waals surface area contributed by atoms with Gasteiger partial charge in [0.25, 0.3) is 0 Å². The van der Waals surface area contributed by atoms with Crippen molar-refractivity contribution in [1.82, 2.24) is 4.57 Å². The molecule has 0 N–H and O–H groups in total. The van der Waals surface area contributed by atoms with Gasteiger partial charge in [0.1, 0.15) is 0 Å². The summed E-state index contributed by atoms with van der Waals surface area (Å²) in [4.78, 5) is 0. The van der Waals surface area contributed by atoms with E-state index in [0.29, 0.717) is 0 Å². The van der Waals surface area contributed by atoms with E-state index in [1.807, 2.05) is 0 Å². The van der Waals surface area contributed by atoms with Crippen molar-refractivity contribution >= 4 is 38.2 Å². The summed E-state index contributed by atoms with van der Waals surface area (Å²) in [6, 6.07) is 10.8. The van der Waals surface area contributed by atoms with Gasteiger partial charge in [-0.3, -0.25) is 0 Å². The molecule has 0 spiro atoms. The number of hydrogen-bond donors (Lipinski definition) is 0. The number of halogens is 1. The zero-order chi connectivity index (χ0) is 11.7. The third-order valence-electron chi connectivity index (χ3n) is 2.95. The molecule has 0 bridgehead atoms. The SMILES string of the molecule is Brc1ccc2c(ccn2CCc2ccsc2)c1. The third-order valence-corrected chi connectivity index (χ3v) is 4.18. The van der Waals surface area contributed by atoms with Crippen molar-refractivity contribution in [3.63, 3.8) is 0 Å². The van der Waals surface area contributed by atoms with E-state index >= 15 is 0 Å². The number of fused-ring (bicyclic) bond motifs is 1. The maximum absolute atomic E-state index is 3.50. The molecule has 0 atom stereocenters. The topological polar surface area (TPSA) is 4.93 Å². The Labute approximate surface area is 113 Å². The molecule has 17 heavy (non-hydrogen) atoms. The largest absolute Gasteiger partial charge is 0.347 e. The van der Waals surface area contributed by atoms with Crippen LogP contribution >= 0.6 is 27.3 Å². The summed E-state index contributed by atoms with van der Waals surface area (Å²) in [7, 11) is 0. The van der Waals surface area contributed by atoms with Crippen molar-refractivity contribution in [3.05, 3.63) is 57.3 Å². The van der Waals surface area contributed by atoms with Gasteiger partial charge in [-0.15, -0.1) is 0 Å². The van der Waals surface area contributed by atoms with E-state index in [-0.39, 0.29) is 0 Å². The van der Waals surface area contributed by atoms with Crippen LogP contribution in [0.3, 0.4) is 0 Å². The predicted molar refractivity (Wildman–Crippen MR) is 77.7 cm³/mol. The van der Waals surface area contributed by atoms with Gasteiger partial charge in [0.2, 0.25) is 0 Å². The Morgan fingerprint density at radius 2 is 2.12 bits per heavy atom. The van der Waals surface area contributed by atoms with Gasteiger partial charge in [-0.1, -0.05) is 15.9 Å². The van der Waals surface area contributed by atoms with E-state index in [2.05, 4.69) is 67.8 Å². The Morgan fingerprint density at radius 3 is 2.94 bits per heavy atom. The van der Waals surface area contributed by atoms with E-state index in [4.69, 9.17) is 0 Å². The van der Waals surface area contributed by atoms with Gasteiger partial charge in [-0.2, -0.15) is 11.3 Å². The molecule has 3 aromatic rings. The summed E-state index contributed by atoms with van der Waals surface area (Å²) >= 11 is 5.27. The molecule has 0 saturated carbocycles. The molecule has 0 aliphatic carbocycles. The molecule has 3 heteroatoms. The molecule has 1 aromatic carbocycles. The molecule has 0 radical (unpaired) electrons. The molecule has 0 amide bonds. The highest BCUT2D eigenvalue weighted by atomic mass is 79.9. The molecule has 0 saturated heterocycles. The fourth-order valence-electron chi connectivity index (χ4n) is 2.05. The van der Waals surface area contributed by atoms with E-state index in [1.165, 1.54) is 16.5 Å². The van der Waals surface area contributed by atoms with Gasteiger partial charge in [-0.05, 0) is 53.1 Å². The lowest BCUT2D eigenvalue weighted by atomic mass is 10.2. The Hall–Kier alpha value is -1.06. The first-order chi connectivity index (χ1) is 8.33. The van der Waals surface area contributed by atoms with Crippen molar-refractivity contribution in [2.75, 3.05) is 0 Å². The van der Waals surface area contributed by atoms with Crippen LogP contribution in [0.25, 0.3) is 10.9 Å². The van der Waals surface area contributed by atoms with Crippen LogP contribution < -0.4 is 0 Å². The normalized spacial score (nSPS) is 11.1. The fourth-order valence-corrected chi connectivity index (χ4v) is 3.13. The van der Waals surface area contributed by atoms with E-state index in [9.17, 15) is 0 Å². The Bertz CT molecular complexity index is 625.